The van der Waals surface area contributed by atoms with Crippen LogP contribution in [0, 0.1) is 5.82 Å². The fourth-order valence-corrected chi connectivity index (χ4v) is 1.53. The molecule has 0 amide bonds. The van der Waals surface area contributed by atoms with Crippen molar-refractivity contribution in [2.24, 2.45) is 0 Å². The fraction of sp³-hybridized carbons (Fsp3) is 0.300. The third-order valence-electron chi connectivity index (χ3n) is 2.34. The number of carbonyl (C=O) groups is 1. The monoisotopic (exact) mass is 246 g/mol. The standard InChI is InChI=1S/C10H7B3ClFO2/c11-6-5(4(16)2-1-3-14)10(17)8(13)9(15)7(6)12/h17H,1-3H2. The molecule has 0 saturated carbocycles. The highest BCUT2D eigenvalue weighted by molar-refractivity contribution is 6.53. The minimum absolute atomic E-state index is 0.0752. The Bertz CT molecular complexity index is 436. The molecule has 1 aromatic rings. The average molecular weight is 246 g/mol. The van der Waals surface area contributed by atoms with Crippen LogP contribution in [0.3, 0.4) is 0 Å². The van der Waals surface area contributed by atoms with E-state index in [1.54, 1.807) is 0 Å². The van der Waals surface area contributed by atoms with Gasteiger partial charge in [0.15, 0.2) is 5.78 Å². The minimum Gasteiger partial charge on any atom is -0.508 e. The highest BCUT2D eigenvalue weighted by atomic mass is 35.5. The van der Waals surface area contributed by atoms with Crippen LogP contribution in [0.2, 0.25) is 0 Å². The van der Waals surface area contributed by atoms with Gasteiger partial charge in [-0.15, -0.1) is 11.6 Å². The van der Waals surface area contributed by atoms with Crippen molar-refractivity contribution in [1.29, 1.82) is 0 Å². The number of phenols is 1. The van der Waals surface area contributed by atoms with Gasteiger partial charge in [-0.25, -0.2) is 4.39 Å². The maximum atomic E-state index is 13.3. The van der Waals surface area contributed by atoms with E-state index in [0.717, 1.165) is 0 Å². The first-order valence-corrected chi connectivity index (χ1v) is 5.39. The van der Waals surface area contributed by atoms with Crippen LogP contribution in [0.5, 0.6) is 5.75 Å². The number of rotatable bonds is 4. The number of alkyl halides is 1. The maximum Gasteiger partial charge on any atom is 0.165 e. The SMILES string of the molecule is [B]c1c([B])c(C(=O)CCCCl)c(O)c([B])c1F. The van der Waals surface area contributed by atoms with E-state index in [-0.39, 0.29) is 17.4 Å². The number of ketones is 1. The average Bonchev–Trinajstić information content (AvgIpc) is 2.31. The molecule has 7 heteroatoms. The lowest BCUT2D eigenvalue weighted by molar-refractivity contribution is 0.0980. The summed E-state index contributed by atoms with van der Waals surface area (Å²) in [6.45, 7) is 0. The van der Waals surface area contributed by atoms with Gasteiger partial charge in [-0.2, -0.15) is 0 Å². The summed E-state index contributed by atoms with van der Waals surface area (Å²) in [5.74, 6) is -1.87. The van der Waals surface area contributed by atoms with Crippen molar-refractivity contribution in [3.05, 3.63) is 11.4 Å². The first kappa shape index (κ1) is 14.2. The molecule has 1 aromatic carbocycles. The van der Waals surface area contributed by atoms with E-state index >= 15 is 0 Å². The highest BCUT2D eigenvalue weighted by Crippen LogP contribution is 2.14. The Morgan fingerprint density at radius 3 is 2.35 bits per heavy atom. The molecule has 1 rings (SSSR count). The van der Waals surface area contributed by atoms with Crippen LogP contribution in [0.1, 0.15) is 23.2 Å². The van der Waals surface area contributed by atoms with Crippen molar-refractivity contribution in [3.8, 4) is 5.75 Å². The quantitative estimate of drug-likeness (QED) is 0.425. The third-order valence-corrected chi connectivity index (χ3v) is 2.61. The molecule has 0 heterocycles. The summed E-state index contributed by atoms with van der Waals surface area (Å²) in [7, 11) is 16.1. The summed E-state index contributed by atoms with van der Waals surface area (Å²) < 4.78 is 13.3. The predicted molar refractivity (Wildman–Crippen MR) is 68.5 cm³/mol. The molecule has 17 heavy (non-hydrogen) atoms. The van der Waals surface area contributed by atoms with E-state index in [0.29, 0.717) is 12.3 Å². The van der Waals surface area contributed by atoms with Gasteiger partial charge in [0.2, 0.25) is 0 Å². The lowest BCUT2D eigenvalue weighted by Gasteiger charge is -2.15. The van der Waals surface area contributed by atoms with Gasteiger partial charge in [-0.3, -0.25) is 4.79 Å². The van der Waals surface area contributed by atoms with E-state index in [9.17, 15) is 14.3 Å². The number of halogens is 2. The Balaban J connectivity index is 3.29. The summed E-state index contributed by atoms with van der Waals surface area (Å²) in [6.07, 6.45) is 0.488. The summed E-state index contributed by atoms with van der Waals surface area (Å²) in [4.78, 5) is 11.7. The summed E-state index contributed by atoms with van der Waals surface area (Å²) in [5, 5.41) is 9.60. The summed E-state index contributed by atoms with van der Waals surface area (Å²) >= 11 is 5.45. The van der Waals surface area contributed by atoms with E-state index < -0.39 is 28.3 Å². The summed E-state index contributed by atoms with van der Waals surface area (Å²) in [6, 6.07) is 0. The Labute approximate surface area is 108 Å². The predicted octanol–water partition coefficient (Wildman–Crippen LogP) is -0.886. The number of benzene rings is 1. The van der Waals surface area contributed by atoms with Crippen molar-refractivity contribution in [2.45, 2.75) is 12.8 Å². The number of aromatic hydroxyl groups is 1. The Hall–Kier alpha value is -0.895. The minimum atomic E-state index is -1.02. The molecular formula is C10H7B3ClFO2. The first-order valence-electron chi connectivity index (χ1n) is 4.85. The van der Waals surface area contributed by atoms with Crippen LogP contribution in [0.25, 0.3) is 0 Å². The highest BCUT2D eigenvalue weighted by Gasteiger charge is 2.20. The molecule has 0 bridgehead atoms. The van der Waals surface area contributed by atoms with E-state index in [2.05, 4.69) is 0 Å². The number of phenolic OH excluding ortho intramolecular Hbond substituents is 1. The zero-order valence-electron chi connectivity index (χ0n) is 8.96. The smallest absolute Gasteiger partial charge is 0.165 e. The van der Waals surface area contributed by atoms with Gasteiger partial charge in [0.25, 0.3) is 0 Å². The zero-order chi connectivity index (χ0) is 13.2. The number of hydrogen-bond acceptors (Lipinski definition) is 2. The lowest BCUT2D eigenvalue weighted by Crippen LogP contribution is -2.39. The first-order chi connectivity index (χ1) is 7.91. The van der Waals surface area contributed by atoms with Crippen LogP contribution in [-0.2, 0) is 0 Å². The number of hydrogen-bond donors (Lipinski definition) is 1. The van der Waals surface area contributed by atoms with Crippen molar-refractivity contribution in [2.75, 3.05) is 5.88 Å². The molecule has 82 valence electrons. The van der Waals surface area contributed by atoms with Crippen LogP contribution in [-0.4, -0.2) is 40.3 Å². The molecule has 1 N–H and O–H groups in total. The Morgan fingerprint density at radius 1 is 1.24 bits per heavy atom. The van der Waals surface area contributed by atoms with Crippen molar-refractivity contribution in [1.82, 2.24) is 0 Å². The van der Waals surface area contributed by atoms with Crippen LogP contribution < -0.4 is 16.4 Å². The van der Waals surface area contributed by atoms with Crippen molar-refractivity contribution >= 4 is 57.3 Å². The zero-order valence-corrected chi connectivity index (χ0v) is 9.72. The normalized spacial score (nSPS) is 10.5. The molecule has 6 radical (unpaired) electrons. The van der Waals surface area contributed by atoms with Crippen LogP contribution >= 0.6 is 11.6 Å². The lowest BCUT2D eigenvalue weighted by atomic mass is 9.72. The van der Waals surface area contributed by atoms with Gasteiger partial charge >= 0.3 is 0 Å². The second kappa shape index (κ2) is 5.63. The summed E-state index contributed by atoms with van der Waals surface area (Å²) in [5.41, 5.74) is -1.55. The molecule has 2 nitrogen and oxygen atoms in total. The molecular weight excluding hydrogens is 239 g/mol. The van der Waals surface area contributed by atoms with Crippen LogP contribution in [0.15, 0.2) is 0 Å². The maximum absolute atomic E-state index is 13.3. The molecule has 0 saturated heterocycles. The second-order valence-corrected chi connectivity index (χ2v) is 3.87. The Morgan fingerprint density at radius 2 is 1.82 bits per heavy atom. The molecule has 0 spiro atoms. The van der Waals surface area contributed by atoms with Gasteiger partial charge in [0.1, 0.15) is 35.1 Å². The fourth-order valence-electron chi connectivity index (χ4n) is 1.40. The largest absolute Gasteiger partial charge is 0.508 e. The molecule has 0 fully saturated rings. The molecule has 0 aliphatic carbocycles. The molecule has 0 atom stereocenters. The van der Waals surface area contributed by atoms with Crippen LogP contribution in [0.4, 0.5) is 4.39 Å². The van der Waals surface area contributed by atoms with Gasteiger partial charge in [0, 0.05) is 12.3 Å². The topological polar surface area (TPSA) is 37.3 Å². The van der Waals surface area contributed by atoms with Gasteiger partial charge in [-0.1, -0.05) is 10.9 Å². The molecule has 0 aliphatic heterocycles. The van der Waals surface area contributed by atoms with Gasteiger partial charge < -0.3 is 5.11 Å². The second-order valence-electron chi connectivity index (χ2n) is 3.49. The van der Waals surface area contributed by atoms with Crippen molar-refractivity contribution < 1.29 is 14.3 Å². The van der Waals surface area contributed by atoms with Gasteiger partial charge in [0.05, 0.1) is 5.56 Å². The van der Waals surface area contributed by atoms with E-state index in [4.69, 9.17) is 35.1 Å². The Kier molecular flexibility index (Phi) is 4.69. The van der Waals surface area contributed by atoms with Gasteiger partial charge in [-0.05, 0) is 11.9 Å². The molecule has 0 aliphatic rings. The van der Waals surface area contributed by atoms with Crippen molar-refractivity contribution in [3.63, 3.8) is 0 Å². The third kappa shape index (κ3) is 2.68. The van der Waals surface area contributed by atoms with E-state index in [1.807, 2.05) is 0 Å². The van der Waals surface area contributed by atoms with E-state index in [1.165, 1.54) is 0 Å². The molecule has 0 aromatic heterocycles. The number of carbonyl (C=O) groups excluding carboxylic acids is 1. The number of Topliss-reactive ketones (excluding diaryl/α,β-unsaturated/α-hetero) is 1. The molecule has 0 unspecified atom stereocenters.